The van der Waals surface area contributed by atoms with E-state index in [1.807, 2.05) is 5.32 Å². The second-order valence-corrected chi connectivity index (χ2v) is 8.85. The Balaban J connectivity index is 1.67. The molecule has 4 N–H and O–H groups in total. The van der Waals surface area contributed by atoms with Crippen molar-refractivity contribution in [1.29, 1.82) is 0 Å². The minimum atomic E-state index is -0.930. The van der Waals surface area contributed by atoms with Crippen LogP contribution in [0.15, 0.2) is 10.2 Å². The van der Waals surface area contributed by atoms with Crippen LogP contribution in [-0.2, 0) is 9.59 Å². The average molecular weight is 365 g/mol. The Morgan fingerprint density at radius 3 is 2.64 bits per heavy atom. The monoisotopic (exact) mass is 365 g/mol. The van der Waals surface area contributed by atoms with Gasteiger partial charge in [-0.3, -0.25) is 14.9 Å². The molecule has 2 aliphatic carbocycles. The van der Waals surface area contributed by atoms with Crippen LogP contribution < -0.4 is 16.4 Å². The fourth-order valence-corrected chi connectivity index (χ4v) is 5.05. The molecule has 2 bridgehead atoms. The lowest BCUT2D eigenvalue weighted by Crippen LogP contribution is -2.37. The summed E-state index contributed by atoms with van der Waals surface area (Å²) in [7, 11) is 0. The molecule has 3 fully saturated rings. The first-order chi connectivity index (χ1) is 11.6. The zero-order valence-corrected chi connectivity index (χ0v) is 15.4. The van der Waals surface area contributed by atoms with Gasteiger partial charge in [-0.15, -0.1) is 5.10 Å². The number of imide groups is 1. The Morgan fingerprint density at radius 1 is 1.36 bits per heavy atom. The standard InChI is InChI=1S/C16H23N5O3S/c1-15(2)8-4-5-16(15,3)10(6-8)20-21-14-19-12(23)9(25-14)7-11(22)18-13(17)24/h8-9H,4-7H2,1-3H3,(H,19,21,23)(H3,17,18,22,24)/b20-10-. The van der Waals surface area contributed by atoms with Crippen LogP contribution in [0.3, 0.4) is 0 Å². The van der Waals surface area contributed by atoms with Gasteiger partial charge in [0.2, 0.25) is 11.8 Å². The number of carbonyl (C=O) groups is 3. The maximum atomic E-state index is 11.9. The van der Waals surface area contributed by atoms with Crippen molar-refractivity contribution >= 4 is 40.5 Å². The molecule has 136 valence electrons. The van der Waals surface area contributed by atoms with E-state index in [-0.39, 0.29) is 23.2 Å². The summed E-state index contributed by atoms with van der Waals surface area (Å²) in [6.07, 6.45) is 3.15. The molecule has 2 saturated carbocycles. The molecule has 1 aliphatic heterocycles. The van der Waals surface area contributed by atoms with Crippen LogP contribution in [0.5, 0.6) is 0 Å². The van der Waals surface area contributed by atoms with E-state index in [0.717, 1.165) is 30.3 Å². The molecule has 1 saturated heterocycles. The van der Waals surface area contributed by atoms with Gasteiger partial charge >= 0.3 is 6.03 Å². The second-order valence-electron chi connectivity index (χ2n) is 7.66. The summed E-state index contributed by atoms with van der Waals surface area (Å²) in [6, 6.07) is -0.930. The lowest BCUT2D eigenvalue weighted by atomic mass is 9.70. The number of hydrogen-bond donors (Lipinski definition) is 3. The van der Waals surface area contributed by atoms with Crippen LogP contribution in [0, 0.1) is 16.7 Å². The van der Waals surface area contributed by atoms with Gasteiger partial charge in [-0.2, -0.15) is 5.10 Å². The van der Waals surface area contributed by atoms with E-state index < -0.39 is 17.2 Å². The number of fused-ring (bicyclic) bond motifs is 2. The number of thioether (sulfide) groups is 1. The van der Waals surface area contributed by atoms with E-state index in [1.54, 1.807) is 0 Å². The molecule has 3 aliphatic rings. The first-order valence-electron chi connectivity index (χ1n) is 8.35. The molecule has 3 unspecified atom stereocenters. The largest absolute Gasteiger partial charge is 0.351 e. The molecule has 3 rings (SSSR count). The molecule has 8 nitrogen and oxygen atoms in total. The molecule has 0 aromatic carbocycles. The predicted molar refractivity (Wildman–Crippen MR) is 96.0 cm³/mol. The average Bonchev–Trinajstić information content (AvgIpc) is 3.01. The number of nitrogens with two attached hydrogens (primary N) is 1. The zero-order valence-electron chi connectivity index (χ0n) is 14.6. The van der Waals surface area contributed by atoms with Gasteiger partial charge in [0.05, 0.1) is 0 Å². The summed E-state index contributed by atoms with van der Waals surface area (Å²) >= 11 is 1.15. The van der Waals surface area contributed by atoms with E-state index in [4.69, 9.17) is 5.73 Å². The lowest BCUT2D eigenvalue weighted by molar-refractivity contribution is -0.124. The molecule has 0 aromatic rings. The van der Waals surface area contributed by atoms with Crippen molar-refractivity contribution in [2.45, 2.75) is 51.7 Å². The topological polar surface area (TPSA) is 126 Å². The lowest BCUT2D eigenvalue weighted by Gasteiger charge is -2.34. The van der Waals surface area contributed by atoms with E-state index >= 15 is 0 Å². The zero-order chi connectivity index (χ0) is 18.4. The van der Waals surface area contributed by atoms with Gasteiger partial charge in [-0.05, 0) is 30.6 Å². The van der Waals surface area contributed by atoms with Crippen molar-refractivity contribution in [3.63, 3.8) is 0 Å². The summed E-state index contributed by atoms with van der Waals surface area (Å²) in [5.41, 5.74) is 6.25. The van der Waals surface area contributed by atoms with Crippen LogP contribution in [0.2, 0.25) is 0 Å². The fraction of sp³-hybridized carbons (Fsp3) is 0.688. The highest BCUT2D eigenvalue weighted by Crippen LogP contribution is 2.64. The van der Waals surface area contributed by atoms with Gasteiger partial charge in [0.15, 0.2) is 5.17 Å². The molecule has 0 radical (unpaired) electrons. The van der Waals surface area contributed by atoms with Crippen LogP contribution in [0.25, 0.3) is 0 Å². The van der Waals surface area contributed by atoms with Gasteiger partial charge in [0.1, 0.15) is 5.25 Å². The molecule has 0 aromatic heterocycles. The van der Waals surface area contributed by atoms with Crippen molar-refractivity contribution in [2.75, 3.05) is 0 Å². The van der Waals surface area contributed by atoms with Crippen LogP contribution in [0.4, 0.5) is 4.79 Å². The fourth-order valence-electron chi connectivity index (χ4n) is 4.13. The van der Waals surface area contributed by atoms with Gasteiger partial charge in [0, 0.05) is 17.5 Å². The third-order valence-corrected chi connectivity index (χ3v) is 7.26. The van der Waals surface area contributed by atoms with Crippen molar-refractivity contribution in [2.24, 2.45) is 32.7 Å². The molecule has 25 heavy (non-hydrogen) atoms. The van der Waals surface area contributed by atoms with Crippen LogP contribution >= 0.6 is 11.8 Å². The number of nitrogens with zero attached hydrogens (tertiary/aromatic N) is 2. The van der Waals surface area contributed by atoms with E-state index in [9.17, 15) is 14.4 Å². The number of nitrogens with one attached hydrogen (secondary N) is 2. The molecule has 1 heterocycles. The number of hydrogen-bond acceptors (Lipinski definition) is 6. The normalized spacial score (nSPS) is 36.0. The quantitative estimate of drug-likeness (QED) is 0.653. The van der Waals surface area contributed by atoms with Gasteiger partial charge in [0.25, 0.3) is 0 Å². The highest BCUT2D eigenvalue weighted by Gasteiger charge is 2.60. The van der Waals surface area contributed by atoms with Crippen molar-refractivity contribution in [1.82, 2.24) is 10.6 Å². The van der Waals surface area contributed by atoms with E-state index in [0.29, 0.717) is 11.1 Å². The maximum Gasteiger partial charge on any atom is 0.318 e. The Labute approximate surface area is 150 Å². The van der Waals surface area contributed by atoms with Crippen LogP contribution in [0.1, 0.15) is 46.5 Å². The van der Waals surface area contributed by atoms with Gasteiger partial charge in [-0.25, -0.2) is 4.79 Å². The Hall–Kier alpha value is -1.90. The Kier molecular flexibility index (Phi) is 4.38. The van der Waals surface area contributed by atoms with E-state index in [1.165, 1.54) is 6.42 Å². The first kappa shape index (κ1) is 17.9. The molecular formula is C16H23N5O3S. The number of amides is 4. The summed E-state index contributed by atoms with van der Waals surface area (Å²) in [5.74, 6) is -0.273. The third kappa shape index (κ3) is 3.05. The minimum Gasteiger partial charge on any atom is -0.351 e. The number of amidine groups is 1. The van der Waals surface area contributed by atoms with Crippen LogP contribution in [-0.4, -0.2) is 34.0 Å². The molecule has 9 heteroatoms. The highest BCUT2D eigenvalue weighted by atomic mass is 32.2. The molecule has 3 atom stereocenters. The number of primary amides is 1. The van der Waals surface area contributed by atoms with Crippen molar-refractivity contribution in [3.05, 3.63) is 0 Å². The molecular weight excluding hydrogens is 342 g/mol. The van der Waals surface area contributed by atoms with Crippen molar-refractivity contribution in [3.8, 4) is 0 Å². The predicted octanol–water partition coefficient (Wildman–Crippen LogP) is 1.36. The van der Waals surface area contributed by atoms with Crippen molar-refractivity contribution < 1.29 is 14.4 Å². The summed E-state index contributed by atoms with van der Waals surface area (Å²) in [6.45, 7) is 6.83. The SMILES string of the molecule is CC12CCC(C/C1=N/N=C1/NC(=O)C(CC(=O)NC(N)=O)S1)C2(C)C. The number of carbonyl (C=O) groups excluding carboxylic acids is 3. The Bertz CT molecular complexity index is 702. The molecule has 4 amide bonds. The first-order valence-corrected chi connectivity index (χ1v) is 9.23. The summed E-state index contributed by atoms with van der Waals surface area (Å²) < 4.78 is 0. The third-order valence-electron chi connectivity index (χ3n) is 6.18. The summed E-state index contributed by atoms with van der Waals surface area (Å²) in [5, 5.41) is 13.0. The van der Waals surface area contributed by atoms with E-state index in [2.05, 4.69) is 36.3 Å². The minimum absolute atomic E-state index is 0.0514. The second kappa shape index (κ2) is 6.12. The smallest absolute Gasteiger partial charge is 0.318 e. The van der Waals surface area contributed by atoms with Gasteiger partial charge < -0.3 is 11.1 Å². The van der Waals surface area contributed by atoms with Gasteiger partial charge in [-0.1, -0.05) is 32.5 Å². The maximum absolute atomic E-state index is 11.9. The Morgan fingerprint density at radius 2 is 2.08 bits per heavy atom. The molecule has 0 spiro atoms. The summed E-state index contributed by atoms with van der Waals surface area (Å²) in [4.78, 5) is 34.2. The number of urea groups is 1. The number of rotatable bonds is 3. The highest BCUT2D eigenvalue weighted by molar-refractivity contribution is 8.15.